The average molecular weight is 974 g/mol. The van der Waals surface area contributed by atoms with E-state index in [-0.39, 0.29) is 19.4 Å². The van der Waals surface area contributed by atoms with Gasteiger partial charge in [-0.2, -0.15) is 0 Å². The van der Waals surface area contributed by atoms with Gasteiger partial charge in [-0.1, -0.05) is 216 Å². The molecule has 11 nitrogen and oxygen atoms in total. The summed E-state index contributed by atoms with van der Waals surface area (Å²) in [6.45, 7) is 5.68. The number of hydrogen-bond acceptors (Lipinski definition) is 10. The lowest BCUT2D eigenvalue weighted by atomic mass is 9.99. The molecule has 1 heterocycles. The molecule has 0 radical (unpaired) electrons. The summed E-state index contributed by atoms with van der Waals surface area (Å²) in [7, 11) is 0. The van der Waals surface area contributed by atoms with E-state index in [1.807, 2.05) is 12.2 Å². The summed E-state index contributed by atoms with van der Waals surface area (Å²) in [5.41, 5.74) is 0. The van der Waals surface area contributed by atoms with Crippen LogP contribution >= 0.6 is 0 Å². The second-order valence-corrected chi connectivity index (χ2v) is 19.4. The zero-order valence-corrected chi connectivity index (χ0v) is 43.9. The second kappa shape index (κ2) is 46.4. The molecule has 1 aliphatic rings. The zero-order valence-electron chi connectivity index (χ0n) is 43.9. The van der Waals surface area contributed by atoms with Gasteiger partial charge >= 0.3 is 5.97 Å². The minimum Gasteiger partial charge on any atom is -0.454 e. The predicted molar refractivity (Wildman–Crippen MR) is 283 cm³/mol. The Morgan fingerprint density at radius 2 is 1.04 bits per heavy atom. The minimum atomic E-state index is -1.63. The van der Waals surface area contributed by atoms with Gasteiger partial charge in [-0.3, -0.25) is 9.59 Å². The van der Waals surface area contributed by atoms with Crippen molar-refractivity contribution in [3.8, 4) is 0 Å². The van der Waals surface area contributed by atoms with Crippen LogP contribution in [0.5, 0.6) is 0 Å². The molecule has 1 aliphatic heterocycles. The van der Waals surface area contributed by atoms with Crippen molar-refractivity contribution in [1.82, 2.24) is 5.32 Å². The smallest absolute Gasteiger partial charge is 0.306 e. The third kappa shape index (κ3) is 35.2. The summed E-state index contributed by atoms with van der Waals surface area (Å²) in [6, 6.07) is -1.06. The average Bonchev–Trinajstić information content (AvgIpc) is 3.34. The van der Waals surface area contributed by atoms with E-state index in [9.17, 15) is 35.1 Å². The zero-order chi connectivity index (χ0) is 50.4. The number of esters is 1. The summed E-state index contributed by atoms with van der Waals surface area (Å²) < 4.78 is 17.5. The van der Waals surface area contributed by atoms with Crippen molar-refractivity contribution in [2.75, 3.05) is 13.2 Å². The van der Waals surface area contributed by atoms with Gasteiger partial charge in [0.05, 0.1) is 25.4 Å². The molecule has 6 N–H and O–H groups in total. The molecule has 1 saturated heterocycles. The number of rotatable bonds is 46. The Morgan fingerprint density at radius 1 is 0.580 bits per heavy atom. The highest BCUT2D eigenvalue weighted by molar-refractivity contribution is 5.81. The monoisotopic (exact) mass is 974 g/mol. The van der Waals surface area contributed by atoms with Crippen molar-refractivity contribution in [1.29, 1.82) is 0 Å². The van der Waals surface area contributed by atoms with Crippen molar-refractivity contribution in [3.05, 3.63) is 60.8 Å². The molecule has 69 heavy (non-hydrogen) atoms. The van der Waals surface area contributed by atoms with Gasteiger partial charge in [0.15, 0.2) is 12.4 Å². The van der Waals surface area contributed by atoms with Crippen LogP contribution in [0.1, 0.15) is 233 Å². The molecule has 0 aliphatic carbocycles. The fourth-order valence-electron chi connectivity index (χ4n) is 8.39. The number of amides is 1. The summed E-state index contributed by atoms with van der Waals surface area (Å²) in [4.78, 5) is 26.4. The minimum absolute atomic E-state index is 0.0798. The van der Waals surface area contributed by atoms with Crippen molar-refractivity contribution in [2.45, 2.75) is 282 Å². The Kier molecular flexibility index (Phi) is 43.3. The van der Waals surface area contributed by atoms with Crippen LogP contribution in [-0.4, -0.2) is 99.6 Å². The number of unbranched alkanes of at least 4 members (excludes halogenated alkanes) is 26. The Morgan fingerprint density at radius 3 is 1.59 bits per heavy atom. The Labute approximate surface area is 420 Å². The van der Waals surface area contributed by atoms with Crippen LogP contribution in [0.2, 0.25) is 0 Å². The van der Waals surface area contributed by atoms with Crippen LogP contribution in [0.15, 0.2) is 60.8 Å². The summed E-state index contributed by atoms with van der Waals surface area (Å²) in [5, 5.41) is 56.6. The van der Waals surface area contributed by atoms with Crippen LogP contribution in [0, 0.1) is 0 Å². The Balaban J connectivity index is 2.80. The highest BCUT2D eigenvalue weighted by Crippen LogP contribution is 2.26. The number of nitrogens with one attached hydrogen (secondary N) is 1. The number of carbonyl (C=O) groups excluding carboxylic acids is 2. The van der Waals surface area contributed by atoms with Crippen LogP contribution in [0.25, 0.3) is 0 Å². The molecule has 1 fully saturated rings. The molecule has 0 bridgehead atoms. The molecule has 11 heteroatoms. The fraction of sp³-hybridized carbons (Fsp3) is 0.793. The number of aliphatic hydroxyl groups excluding tert-OH is 5. The van der Waals surface area contributed by atoms with Crippen molar-refractivity contribution in [2.24, 2.45) is 0 Å². The van der Waals surface area contributed by atoms with Gasteiger partial charge in [0.1, 0.15) is 24.4 Å². The SMILES string of the molecule is CCCCC/C=C/C=C/CCCCCCCCC(=O)OC1C(OCC(NC(=O)C(O)C/C=C/C/C=C\CCCCCCCC)C(O)/C=C/CCCCCCCCCCCCC)OC(CO)C(O)C1O. The molecule has 0 aromatic heterocycles. The quantitative estimate of drug-likeness (QED) is 0.0149. The number of ether oxygens (including phenoxy) is 3. The first-order valence-electron chi connectivity index (χ1n) is 28.1. The van der Waals surface area contributed by atoms with Crippen LogP contribution in [0.4, 0.5) is 0 Å². The predicted octanol–water partition coefficient (Wildman–Crippen LogP) is 12.3. The van der Waals surface area contributed by atoms with Gasteiger partial charge in [-0.05, 0) is 64.2 Å². The lowest BCUT2D eigenvalue weighted by Gasteiger charge is -2.41. The maximum Gasteiger partial charge on any atom is 0.306 e. The van der Waals surface area contributed by atoms with Crippen molar-refractivity contribution in [3.63, 3.8) is 0 Å². The number of allylic oxidation sites excluding steroid dienone is 8. The maximum atomic E-state index is 13.3. The van der Waals surface area contributed by atoms with E-state index >= 15 is 0 Å². The fourth-order valence-corrected chi connectivity index (χ4v) is 8.39. The molecule has 400 valence electrons. The van der Waals surface area contributed by atoms with Gasteiger partial charge in [-0.25, -0.2) is 0 Å². The molecule has 0 aromatic rings. The molecule has 0 aromatic carbocycles. The number of aliphatic hydroxyl groups is 5. The highest BCUT2D eigenvalue weighted by Gasteiger charge is 2.47. The van der Waals surface area contributed by atoms with E-state index < -0.39 is 67.4 Å². The van der Waals surface area contributed by atoms with Gasteiger partial charge in [0, 0.05) is 12.8 Å². The van der Waals surface area contributed by atoms with E-state index in [0.717, 1.165) is 77.0 Å². The molecule has 1 rings (SSSR count). The molecular weight excluding hydrogens is 871 g/mol. The van der Waals surface area contributed by atoms with E-state index in [1.165, 1.54) is 109 Å². The van der Waals surface area contributed by atoms with Crippen LogP contribution < -0.4 is 5.32 Å². The lowest BCUT2D eigenvalue weighted by molar-refractivity contribution is -0.305. The van der Waals surface area contributed by atoms with Gasteiger partial charge in [0.25, 0.3) is 0 Å². The highest BCUT2D eigenvalue weighted by atomic mass is 16.7. The third-order valence-corrected chi connectivity index (χ3v) is 12.9. The summed E-state index contributed by atoms with van der Waals surface area (Å²) in [6.07, 6.45) is 45.7. The first-order chi connectivity index (χ1) is 33.7. The molecule has 0 saturated carbocycles. The largest absolute Gasteiger partial charge is 0.454 e. The standard InChI is InChI=1S/C58H103NO10/c1-4-7-10-13-16-19-22-25-26-28-31-34-37-40-43-46-53(63)69-56-55(65)54(64)52(47-60)68-58(56)67-48-49(50(61)44-41-38-35-32-30-27-23-20-17-14-11-8-5-2)59-57(66)51(62)45-42-39-36-33-29-24-21-18-15-12-9-6-3/h16,19,22,25,29,33,39,41-42,44,49-52,54-56,58,60-62,64-65H,4-15,17-18,20-21,23-24,26-28,30-32,34-38,40,43,45-48H2,1-3H3,(H,59,66)/b19-16+,25-22+,33-29-,42-39+,44-41+. The van der Waals surface area contributed by atoms with Crippen molar-refractivity contribution < 1.29 is 49.3 Å². The number of hydrogen-bond donors (Lipinski definition) is 6. The first-order valence-corrected chi connectivity index (χ1v) is 28.1. The Bertz CT molecular complexity index is 1350. The molecule has 8 atom stereocenters. The second-order valence-electron chi connectivity index (χ2n) is 19.4. The Hall–Kier alpha value is -2.64. The normalized spacial score (nSPS) is 20.3. The van der Waals surface area contributed by atoms with Gasteiger partial charge < -0.3 is 45.1 Å². The molecular formula is C58H103NO10. The lowest BCUT2D eigenvalue weighted by Crippen LogP contribution is -2.61. The van der Waals surface area contributed by atoms with E-state index in [2.05, 4.69) is 62.5 Å². The summed E-state index contributed by atoms with van der Waals surface area (Å²) in [5.74, 6) is -1.28. The van der Waals surface area contributed by atoms with Gasteiger partial charge in [0.2, 0.25) is 5.91 Å². The molecule has 0 spiro atoms. The van der Waals surface area contributed by atoms with E-state index in [0.29, 0.717) is 12.8 Å². The van der Waals surface area contributed by atoms with E-state index in [4.69, 9.17) is 14.2 Å². The maximum absolute atomic E-state index is 13.3. The third-order valence-electron chi connectivity index (χ3n) is 12.9. The molecule has 8 unspecified atom stereocenters. The summed E-state index contributed by atoms with van der Waals surface area (Å²) >= 11 is 0. The molecule has 1 amide bonds. The first kappa shape index (κ1) is 64.4. The topological polar surface area (TPSA) is 175 Å². The van der Waals surface area contributed by atoms with Crippen LogP contribution in [-0.2, 0) is 23.8 Å². The van der Waals surface area contributed by atoms with Crippen molar-refractivity contribution >= 4 is 11.9 Å². The van der Waals surface area contributed by atoms with Crippen LogP contribution in [0.3, 0.4) is 0 Å². The number of carbonyl (C=O) groups is 2. The van der Waals surface area contributed by atoms with Gasteiger partial charge in [-0.15, -0.1) is 0 Å². The van der Waals surface area contributed by atoms with E-state index in [1.54, 1.807) is 12.2 Å².